The van der Waals surface area contributed by atoms with Crippen LogP contribution in [0.15, 0.2) is 42.5 Å². The van der Waals surface area contributed by atoms with Crippen LogP contribution in [0.1, 0.15) is 37.7 Å². The first-order valence-corrected chi connectivity index (χ1v) is 10.7. The van der Waals surface area contributed by atoms with E-state index in [0.717, 1.165) is 11.1 Å². The summed E-state index contributed by atoms with van der Waals surface area (Å²) in [6, 6.07) is 15.8. The summed E-state index contributed by atoms with van der Waals surface area (Å²) in [5.41, 5.74) is 2.42. The molecule has 0 aliphatic carbocycles. The highest BCUT2D eigenvalue weighted by Gasteiger charge is 2.23. The first-order chi connectivity index (χ1) is 11.2. The first kappa shape index (κ1) is 16.4. The SMILES string of the molecule is CCC[Si]1CCC(c2ccc(-c3ccc(F)cc3)c(F)c2)CC1. The van der Waals surface area contributed by atoms with E-state index in [-0.39, 0.29) is 20.4 Å². The lowest BCUT2D eigenvalue weighted by Gasteiger charge is -2.27. The van der Waals surface area contributed by atoms with E-state index in [1.54, 1.807) is 18.2 Å². The second kappa shape index (κ2) is 7.39. The van der Waals surface area contributed by atoms with E-state index in [1.165, 1.54) is 49.5 Å². The van der Waals surface area contributed by atoms with Crippen molar-refractivity contribution < 1.29 is 8.78 Å². The van der Waals surface area contributed by atoms with Crippen molar-refractivity contribution in [3.05, 3.63) is 59.7 Å². The molecule has 0 spiro atoms. The summed E-state index contributed by atoms with van der Waals surface area (Å²) in [5.74, 6) is 0.0221. The van der Waals surface area contributed by atoms with E-state index < -0.39 is 0 Å². The summed E-state index contributed by atoms with van der Waals surface area (Å²) >= 11 is 0. The highest BCUT2D eigenvalue weighted by Crippen LogP contribution is 2.36. The molecule has 3 heteroatoms. The second-order valence-electron chi connectivity index (χ2n) is 6.52. The molecule has 2 aromatic rings. The summed E-state index contributed by atoms with van der Waals surface area (Å²) in [5, 5.41) is 0. The average molecular weight is 329 g/mol. The highest BCUT2D eigenvalue weighted by atomic mass is 28.3. The zero-order valence-corrected chi connectivity index (χ0v) is 14.6. The lowest BCUT2D eigenvalue weighted by atomic mass is 9.91. The van der Waals surface area contributed by atoms with Gasteiger partial charge in [-0.25, -0.2) is 8.78 Å². The Morgan fingerprint density at radius 2 is 1.70 bits per heavy atom. The van der Waals surface area contributed by atoms with Gasteiger partial charge in [-0.3, -0.25) is 0 Å². The van der Waals surface area contributed by atoms with E-state index in [4.69, 9.17) is 0 Å². The Morgan fingerprint density at radius 1 is 1.00 bits per heavy atom. The van der Waals surface area contributed by atoms with Crippen LogP contribution < -0.4 is 0 Å². The largest absolute Gasteiger partial charge is 0.207 e. The third kappa shape index (κ3) is 3.89. The lowest BCUT2D eigenvalue weighted by molar-refractivity contribution is 0.589. The number of hydrogen-bond acceptors (Lipinski definition) is 0. The summed E-state index contributed by atoms with van der Waals surface area (Å²) < 4.78 is 27.5. The molecule has 1 aliphatic rings. The molecule has 0 amide bonds. The Bertz CT molecular complexity index is 643. The van der Waals surface area contributed by atoms with Crippen molar-refractivity contribution >= 4 is 8.80 Å². The molecule has 1 saturated heterocycles. The van der Waals surface area contributed by atoms with E-state index >= 15 is 0 Å². The van der Waals surface area contributed by atoms with Crippen LogP contribution >= 0.6 is 0 Å². The lowest BCUT2D eigenvalue weighted by Crippen LogP contribution is -2.20. The monoisotopic (exact) mass is 329 g/mol. The Balaban J connectivity index is 1.74. The van der Waals surface area contributed by atoms with Crippen LogP contribution in [0.4, 0.5) is 8.78 Å². The van der Waals surface area contributed by atoms with Crippen LogP contribution in [-0.4, -0.2) is 8.80 Å². The van der Waals surface area contributed by atoms with Crippen LogP contribution in [0.3, 0.4) is 0 Å². The van der Waals surface area contributed by atoms with Crippen molar-refractivity contribution in [2.45, 2.75) is 50.2 Å². The van der Waals surface area contributed by atoms with Crippen molar-refractivity contribution in [1.29, 1.82) is 0 Å². The fraction of sp³-hybridized carbons (Fsp3) is 0.400. The summed E-state index contributed by atoms with van der Waals surface area (Å²) in [6.45, 7) is 2.27. The Morgan fingerprint density at radius 3 is 2.30 bits per heavy atom. The number of benzene rings is 2. The van der Waals surface area contributed by atoms with Gasteiger partial charge in [0.25, 0.3) is 0 Å². The molecule has 0 aromatic heterocycles. The predicted octanol–water partition coefficient (Wildman–Crippen LogP) is 6.41. The molecule has 1 fully saturated rings. The fourth-order valence-corrected chi connectivity index (χ4v) is 6.58. The first-order valence-electron chi connectivity index (χ1n) is 8.56. The molecule has 1 aliphatic heterocycles. The van der Waals surface area contributed by atoms with Gasteiger partial charge in [-0.15, -0.1) is 0 Å². The second-order valence-corrected chi connectivity index (χ2v) is 9.52. The zero-order chi connectivity index (χ0) is 16.2. The molecule has 0 unspecified atom stereocenters. The minimum absolute atomic E-state index is 0.132. The Hall–Kier alpha value is -1.48. The third-order valence-electron chi connectivity index (χ3n) is 4.92. The molecule has 0 nitrogen and oxygen atoms in total. The van der Waals surface area contributed by atoms with Crippen molar-refractivity contribution in [2.24, 2.45) is 0 Å². The predicted molar refractivity (Wildman–Crippen MR) is 94.2 cm³/mol. The van der Waals surface area contributed by atoms with Gasteiger partial charge >= 0.3 is 0 Å². The van der Waals surface area contributed by atoms with Crippen molar-refractivity contribution in [3.63, 3.8) is 0 Å². The van der Waals surface area contributed by atoms with Gasteiger partial charge in [0.15, 0.2) is 0 Å². The highest BCUT2D eigenvalue weighted by molar-refractivity contribution is 6.59. The van der Waals surface area contributed by atoms with Gasteiger partial charge in [-0.2, -0.15) is 0 Å². The normalized spacial score (nSPS) is 16.7. The molecule has 0 atom stereocenters. The van der Waals surface area contributed by atoms with Gasteiger partial charge in [-0.05, 0) is 48.1 Å². The molecule has 3 rings (SSSR count). The Kier molecular flexibility index (Phi) is 5.26. The standard InChI is InChI=1S/C20H23F2Si/c1-2-11-23-12-9-15(10-13-23)17-5-8-19(20(22)14-17)16-3-6-18(21)7-4-16/h3-8,14-15H,2,9-13H2,1H3. The number of hydrogen-bond donors (Lipinski definition) is 0. The van der Waals surface area contributed by atoms with E-state index in [9.17, 15) is 8.78 Å². The van der Waals surface area contributed by atoms with Gasteiger partial charge < -0.3 is 0 Å². The van der Waals surface area contributed by atoms with Gasteiger partial charge in [0.1, 0.15) is 11.6 Å². The maximum Gasteiger partial charge on any atom is 0.131 e. The molecule has 1 radical (unpaired) electrons. The number of rotatable bonds is 4. The summed E-state index contributed by atoms with van der Waals surface area (Å²) in [7, 11) is -0.132. The minimum Gasteiger partial charge on any atom is -0.207 e. The van der Waals surface area contributed by atoms with Crippen molar-refractivity contribution in [2.75, 3.05) is 0 Å². The summed E-state index contributed by atoms with van der Waals surface area (Å²) in [4.78, 5) is 0. The third-order valence-corrected chi connectivity index (χ3v) is 8.11. The molecule has 0 N–H and O–H groups in total. The number of halogens is 2. The molecule has 0 bridgehead atoms. The van der Waals surface area contributed by atoms with Crippen LogP contribution in [-0.2, 0) is 0 Å². The van der Waals surface area contributed by atoms with Crippen LogP contribution in [0.5, 0.6) is 0 Å². The molecule has 0 saturated carbocycles. The topological polar surface area (TPSA) is 0 Å². The molecule has 121 valence electrons. The summed E-state index contributed by atoms with van der Waals surface area (Å²) in [6.07, 6.45) is 3.73. The van der Waals surface area contributed by atoms with Crippen LogP contribution in [0, 0.1) is 11.6 Å². The maximum absolute atomic E-state index is 14.5. The quantitative estimate of drug-likeness (QED) is 0.568. The molecule has 2 aromatic carbocycles. The Labute approximate surface area is 139 Å². The maximum atomic E-state index is 14.5. The van der Waals surface area contributed by atoms with E-state index in [2.05, 4.69) is 13.0 Å². The van der Waals surface area contributed by atoms with Crippen molar-refractivity contribution in [3.8, 4) is 11.1 Å². The molecular formula is C20H23F2Si. The van der Waals surface area contributed by atoms with E-state index in [0.29, 0.717) is 11.5 Å². The van der Waals surface area contributed by atoms with Crippen LogP contribution in [0.25, 0.3) is 11.1 Å². The molecule has 23 heavy (non-hydrogen) atoms. The minimum atomic E-state index is -0.294. The van der Waals surface area contributed by atoms with E-state index in [1.807, 2.05) is 6.07 Å². The van der Waals surface area contributed by atoms with Crippen molar-refractivity contribution in [1.82, 2.24) is 0 Å². The molecule has 1 heterocycles. The van der Waals surface area contributed by atoms with Gasteiger partial charge in [0, 0.05) is 14.4 Å². The van der Waals surface area contributed by atoms with Crippen LogP contribution in [0.2, 0.25) is 18.1 Å². The molecular weight excluding hydrogens is 306 g/mol. The van der Waals surface area contributed by atoms with Gasteiger partial charge in [0.05, 0.1) is 0 Å². The fourth-order valence-electron chi connectivity index (χ4n) is 3.61. The van der Waals surface area contributed by atoms with Gasteiger partial charge in [0.2, 0.25) is 0 Å². The average Bonchev–Trinajstić information content (AvgIpc) is 2.57. The smallest absolute Gasteiger partial charge is 0.131 e. The van der Waals surface area contributed by atoms with Gasteiger partial charge in [-0.1, -0.05) is 55.7 Å². The zero-order valence-electron chi connectivity index (χ0n) is 13.6.